The molecule has 25 heavy (non-hydrogen) atoms. The first kappa shape index (κ1) is 17.0. The number of fused-ring (bicyclic) bond motifs is 1. The minimum absolute atomic E-state index is 0.153. The molecule has 2 heterocycles. The molecule has 3 aromatic rings. The van der Waals surface area contributed by atoms with Crippen LogP contribution < -0.4 is 10.1 Å². The van der Waals surface area contributed by atoms with Crippen LogP contribution in [0.5, 0.6) is 5.75 Å². The van der Waals surface area contributed by atoms with Gasteiger partial charge in [-0.05, 0) is 49.7 Å². The summed E-state index contributed by atoms with van der Waals surface area (Å²) in [5, 5.41) is 11.2. The van der Waals surface area contributed by atoms with Crippen LogP contribution >= 0.6 is 0 Å². The summed E-state index contributed by atoms with van der Waals surface area (Å²) in [6, 6.07) is 12.6. The number of amides is 1. The Kier molecular flexibility index (Phi) is 5.28. The number of carbonyl (C=O) groups excluding carboxylic acids is 1. The smallest absolute Gasteiger partial charge is 0.251 e. The lowest BCUT2D eigenvalue weighted by atomic mass is 10.2. The van der Waals surface area contributed by atoms with Gasteiger partial charge in [-0.1, -0.05) is 19.4 Å². The van der Waals surface area contributed by atoms with Crippen molar-refractivity contribution < 1.29 is 9.53 Å². The fraction of sp³-hybridized carbons (Fsp3) is 0.316. The number of ether oxygens (including phenoxy) is 1. The lowest BCUT2D eigenvalue weighted by molar-refractivity contribution is 0.0938. The second kappa shape index (κ2) is 7.79. The van der Waals surface area contributed by atoms with E-state index >= 15 is 0 Å². The fourth-order valence-corrected chi connectivity index (χ4v) is 2.54. The van der Waals surface area contributed by atoms with E-state index in [4.69, 9.17) is 4.74 Å². The van der Waals surface area contributed by atoms with Gasteiger partial charge in [-0.15, -0.1) is 10.2 Å². The number of aromatic nitrogens is 3. The molecule has 1 N–H and O–H groups in total. The zero-order valence-electron chi connectivity index (χ0n) is 14.5. The third kappa shape index (κ3) is 3.96. The zero-order valence-corrected chi connectivity index (χ0v) is 14.5. The number of carbonyl (C=O) groups is 1. The van der Waals surface area contributed by atoms with Crippen LogP contribution in [0, 0.1) is 0 Å². The van der Waals surface area contributed by atoms with Crippen LogP contribution in [0.4, 0.5) is 0 Å². The number of unbranched alkanes of at least 4 members (excludes halogenated alkanes) is 1. The van der Waals surface area contributed by atoms with Gasteiger partial charge in [-0.3, -0.25) is 9.20 Å². The number of nitrogens with one attached hydrogen (secondary N) is 1. The van der Waals surface area contributed by atoms with E-state index in [1.165, 1.54) is 0 Å². The topological polar surface area (TPSA) is 68.5 Å². The Bertz CT molecular complexity index is 842. The zero-order chi connectivity index (χ0) is 17.6. The van der Waals surface area contributed by atoms with Gasteiger partial charge in [-0.2, -0.15) is 0 Å². The summed E-state index contributed by atoms with van der Waals surface area (Å²) in [4.78, 5) is 12.4. The molecular weight excluding hydrogens is 316 g/mol. The van der Waals surface area contributed by atoms with E-state index in [9.17, 15) is 4.79 Å². The highest BCUT2D eigenvalue weighted by atomic mass is 16.5. The SMILES string of the molecule is CCCCOc1ccc(C(=O)NC(C)c2nnc3ccccn23)cc1. The van der Waals surface area contributed by atoms with Crippen molar-refractivity contribution in [3.63, 3.8) is 0 Å². The Balaban J connectivity index is 1.65. The lowest BCUT2D eigenvalue weighted by Crippen LogP contribution is -2.27. The van der Waals surface area contributed by atoms with Crippen LogP contribution in [-0.4, -0.2) is 27.1 Å². The van der Waals surface area contributed by atoms with Gasteiger partial charge in [0.15, 0.2) is 11.5 Å². The summed E-state index contributed by atoms with van der Waals surface area (Å²) < 4.78 is 7.49. The number of hydrogen-bond acceptors (Lipinski definition) is 4. The molecule has 130 valence electrons. The molecule has 0 aliphatic rings. The molecule has 6 heteroatoms. The molecule has 2 aromatic heterocycles. The van der Waals surface area contributed by atoms with Crippen LogP contribution in [-0.2, 0) is 0 Å². The summed E-state index contributed by atoms with van der Waals surface area (Å²) in [6.45, 7) is 4.71. The van der Waals surface area contributed by atoms with E-state index < -0.39 is 0 Å². The Labute approximate surface area is 146 Å². The van der Waals surface area contributed by atoms with Gasteiger partial charge in [0.2, 0.25) is 0 Å². The second-order valence-electron chi connectivity index (χ2n) is 5.91. The van der Waals surface area contributed by atoms with E-state index in [1.54, 1.807) is 12.1 Å². The van der Waals surface area contributed by atoms with Crippen molar-refractivity contribution in [3.8, 4) is 5.75 Å². The first-order valence-electron chi connectivity index (χ1n) is 8.52. The van der Waals surface area contributed by atoms with E-state index in [-0.39, 0.29) is 11.9 Å². The standard InChI is InChI=1S/C19H22N4O2/c1-3-4-13-25-16-10-8-15(9-11-16)19(24)20-14(2)18-22-21-17-7-5-6-12-23(17)18/h5-12,14H,3-4,13H2,1-2H3,(H,20,24). The molecule has 1 atom stereocenters. The van der Waals surface area contributed by atoms with Crippen LogP contribution in [0.1, 0.15) is 48.9 Å². The van der Waals surface area contributed by atoms with Crippen molar-refractivity contribution in [2.75, 3.05) is 6.61 Å². The van der Waals surface area contributed by atoms with Gasteiger partial charge in [0.25, 0.3) is 5.91 Å². The minimum Gasteiger partial charge on any atom is -0.494 e. The van der Waals surface area contributed by atoms with E-state index in [0.717, 1.165) is 24.2 Å². The summed E-state index contributed by atoms with van der Waals surface area (Å²) in [7, 11) is 0. The summed E-state index contributed by atoms with van der Waals surface area (Å²) >= 11 is 0. The monoisotopic (exact) mass is 338 g/mol. The van der Waals surface area contributed by atoms with Crippen molar-refractivity contribution in [2.45, 2.75) is 32.7 Å². The third-order valence-corrected chi connectivity index (χ3v) is 3.96. The molecule has 0 bridgehead atoms. The van der Waals surface area contributed by atoms with Gasteiger partial charge >= 0.3 is 0 Å². The Morgan fingerprint density at radius 2 is 2.00 bits per heavy atom. The van der Waals surface area contributed by atoms with Crippen molar-refractivity contribution in [1.82, 2.24) is 19.9 Å². The normalized spacial score (nSPS) is 12.1. The molecule has 0 aliphatic heterocycles. The number of rotatable bonds is 7. The average molecular weight is 338 g/mol. The largest absolute Gasteiger partial charge is 0.494 e. The van der Waals surface area contributed by atoms with Gasteiger partial charge in [0.05, 0.1) is 12.6 Å². The Morgan fingerprint density at radius 3 is 2.76 bits per heavy atom. The van der Waals surface area contributed by atoms with Crippen molar-refractivity contribution in [1.29, 1.82) is 0 Å². The number of hydrogen-bond donors (Lipinski definition) is 1. The van der Waals surface area contributed by atoms with Crippen molar-refractivity contribution in [2.24, 2.45) is 0 Å². The highest BCUT2D eigenvalue weighted by Gasteiger charge is 2.16. The molecule has 0 fully saturated rings. The molecule has 0 spiro atoms. The lowest BCUT2D eigenvalue weighted by Gasteiger charge is -2.13. The maximum Gasteiger partial charge on any atom is 0.251 e. The fourth-order valence-electron chi connectivity index (χ4n) is 2.54. The average Bonchev–Trinajstić information content (AvgIpc) is 3.06. The number of benzene rings is 1. The van der Waals surface area contributed by atoms with Gasteiger partial charge in [0, 0.05) is 11.8 Å². The van der Waals surface area contributed by atoms with E-state index in [2.05, 4.69) is 22.4 Å². The predicted octanol–water partition coefficient (Wildman–Crippen LogP) is 3.40. The Hall–Kier alpha value is -2.89. The van der Waals surface area contributed by atoms with Gasteiger partial charge in [-0.25, -0.2) is 0 Å². The maximum absolute atomic E-state index is 12.4. The minimum atomic E-state index is -0.259. The highest BCUT2D eigenvalue weighted by molar-refractivity contribution is 5.94. The molecule has 1 amide bonds. The van der Waals surface area contributed by atoms with Crippen molar-refractivity contribution in [3.05, 3.63) is 60.0 Å². The van der Waals surface area contributed by atoms with E-state index in [0.29, 0.717) is 18.0 Å². The second-order valence-corrected chi connectivity index (χ2v) is 5.91. The van der Waals surface area contributed by atoms with Crippen molar-refractivity contribution >= 4 is 11.6 Å². The van der Waals surface area contributed by atoms with Crippen LogP contribution in [0.3, 0.4) is 0 Å². The van der Waals surface area contributed by atoms with Crippen LogP contribution in [0.15, 0.2) is 48.7 Å². The first-order chi connectivity index (χ1) is 12.2. The summed E-state index contributed by atoms with van der Waals surface area (Å²) in [5.41, 5.74) is 1.34. The molecule has 0 aliphatic carbocycles. The van der Waals surface area contributed by atoms with Crippen LogP contribution in [0.2, 0.25) is 0 Å². The van der Waals surface area contributed by atoms with Gasteiger partial charge in [0.1, 0.15) is 5.75 Å². The predicted molar refractivity (Wildman–Crippen MR) is 95.7 cm³/mol. The molecule has 0 radical (unpaired) electrons. The number of pyridine rings is 1. The molecule has 1 aromatic carbocycles. The molecule has 1 unspecified atom stereocenters. The molecule has 3 rings (SSSR count). The molecular formula is C19H22N4O2. The molecule has 0 saturated heterocycles. The number of nitrogens with zero attached hydrogens (tertiary/aromatic N) is 3. The first-order valence-corrected chi connectivity index (χ1v) is 8.52. The summed E-state index contributed by atoms with van der Waals surface area (Å²) in [5.74, 6) is 1.32. The quantitative estimate of drug-likeness (QED) is 0.670. The molecule has 6 nitrogen and oxygen atoms in total. The third-order valence-electron chi connectivity index (χ3n) is 3.96. The highest BCUT2D eigenvalue weighted by Crippen LogP contribution is 2.15. The maximum atomic E-state index is 12.4. The van der Waals surface area contributed by atoms with E-state index in [1.807, 2.05) is 47.9 Å². The summed E-state index contributed by atoms with van der Waals surface area (Å²) in [6.07, 6.45) is 4.00. The van der Waals surface area contributed by atoms with Gasteiger partial charge < -0.3 is 10.1 Å². The van der Waals surface area contributed by atoms with Crippen LogP contribution in [0.25, 0.3) is 5.65 Å². The molecule has 0 saturated carbocycles. The Morgan fingerprint density at radius 1 is 1.20 bits per heavy atom.